The van der Waals surface area contributed by atoms with Gasteiger partial charge >= 0.3 is 0 Å². The molecule has 24 heavy (non-hydrogen) atoms. The van der Waals surface area contributed by atoms with Crippen LogP contribution in [0.1, 0.15) is 5.56 Å². The topological polar surface area (TPSA) is 89.1 Å². The fourth-order valence-electron chi connectivity index (χ4n) is 2.10. The van der Waals surface area contributed by atoms with Crippen LogP contribution in [-0.4, -0.2) is 26.0 Å². The van der Waals surface area contributed by atoms with E-state index in [9.17, 15) is 14.5 Å². The molecular weight excluding hydrogens is 333 g/mol. The summed E-state index contributed by atoms with van der Waals surface area (Å²) in [6.45, 7) is 0. The summed E-state index contributed by atoms with van der Waals surface area (Å²) in [7, 11) is 0. The van der Waals surface area contributed by atoms with E-state index in [1.165, 1.54) is 29.1 Å². The number of aromatic nitrogens is 3. The minimum atomic E-state index is -0.506. The Bertz CT molecular complexity index is 995. The van der Waals surface area contributed by atoms with Gasteiger partial charge in [-0.15, -0.1) is 0 Å². The summed E-state index contributed by atoms with van der Waals surface area (Å²) in [5, 5.41) is 21.7. The van der Waals surface area contributed by atoms with Crippen LogP contribution in [0.15, 0.2) is 53.6 Å². The fourth-order valence-corrected chi connectivity index (χ4v) is 2.28. The molecule has 1 heterocycles. The van der Waals surface area contributed by atoms with Crippen molar-refractivity contribution in [3.05, 3.63) is 74.8 Å². The standard InChI is InChI=1S/C15H10FN5O2S/c16-12-7-3-2-6-11(12)14-18-19-15(24)20(14)17-9-10-5-1-4-8-13(10)21(22)23/h1-9H,(H,19,24). The van der Waals surface area contributed by atoms with Crippen LogP contribution in [0, 0.1) is 20.7 Å². The van der Waals surface area contributed by atoms with Crippen molar-refractivity contribution >= 4 is 24.1 Å². The maximum absolute atomic E-state index is 14.0. The van der Waals surface area contributed by atoms with Crippen LogP contribution in [-0.2, 0) is 0 Å². The zero-order chi connectivity index (χ0) is 17.1. The molecule has 1 N–H and O–H groups in total. The highest BCUT2D eigenvalue weighted by atomic mass is 32.1. The van der Waals surface area contributed by atoms with Crippen molar-refractivity contribution in [2.24, 2.45) is 5.10 Å². The minimum Gasteiger partial charge on any atom is -0.258 e. The summed E-state index contributed by atoms with van der Waals surface area (Å²) in [4.78, 5) is 10.5. The molecule has 120 valence electrons. The third-order valence-corrected chi connectivity index (χ3v) is 3.48. The van der Waals surface area contributed by atoms with E-state index in [1.807, 2.05) is 0 Å². The van der Waals surface area contributed by atoms with E-state index < -0.39 is 10.7 Å². The number of nitro groups is 1. The quantitative estimate of drug-likeness (QED) is 0.340. The Hall–Kier alpha value is -3.20. The van der Waals surface area contributed by atoms with Gasteiger partial charge in [0.1, 0.15) is 5.82 Å². The van der Waals surface area contributed by atoms with E-state index in [-0.39, 0.29) is 21.8 Å². The first kappa shape index (κ1) is 15.7. The molecular formula is C15H10FN5O2S. The van der Waals surface area contributed by atoms with Gasteiger partial charge in [-0.25, -0.2) is 9.49 Å². The summed E-state index contributed by atoms with van der Waals surface area (Å²) in [5.74, 6) is -0.304. The molecule has 0 unspecified atom stereocenters. The van der Waals surface area contributed by atoms with Crippen molar-refractivity contribution in [1.82, 2.24) is 14.9 Å². The monoisotopic (exact) mass is 343 g/mol. The lowest BCUT2D eigenvalue weighted by atomic mass is 10.2. The van der Waals surface area contributed by atoms with Gasteiger partial charge in [0.2, 0.25) is 4.77 Å². The molecule has 0 aliphatic heterocycles. The average Bonchev–Trinajstić information content (AvgIpc) is 2.94. The number of hydrogen-bond donors (Lipinski definition) is 1. The van der Waals surface area contributed by atoms with E-state index in [0.29, 0.717) is 5.56 Å². The molecule has 2 aromatic carbocycles. The normalized spacial score (nSPS) is 11.0. The van der Waals surface area contributed by atoms with Gasteiger partial charge in [0.15, 0.2) is 5.82 Å². The van der Waals surface area contributed by atoms with Gasteiger partial charge in [-0.1, -0.05) is 24.3 Å². The number of hydrogen-bond acceptors (Lipinski definition) is 5. The molecule has 0 saturated heterocycles. The molecule has 0 bridgehead atoms. The smallest absolute Gasteiger partial charge is 0.258 e. The predicted molar refractivity (Wildman–Crippen MR) is 88.9 cm³/mol. The first-order valence-corrected chi connectivity index (χ1v) is 7.19. The highest BCUT2D eigenvalue weighted by molar-refractivity contribution is 7.71. The maximum Gasteiger partial charge on any atom is 0.278 e. The van der Waals surface area contributed by atoms with Crippen LogP contribution in [0.3, 0.4) is 0 Å². The molecule has 0 radical (unpaired) electrons. The molecule has 3 aromatic rings. The second-order valence-electron chi connectivity index (χ2n) is 4.70. The lowest BCUT2D eigenvalue weighted by molar-refractivity contribution is -0.385. The molecule has 0 spiro atoms. The lowest BCUT2D eigenvalue weighted by Crippen LogP contribution is -1.98. The number of aromatic amines is 1. The number of nitrogens with zero attached hydrogens (tertiary/aromatic N) is 4. The van der Waals surface area contributed by atoms with Crippen molar-refractivity contribution in [1.29, 1.82) is 0 Å². The lowest BCUT2D eigenvalue weighted by Gasteiger charge is -2.02. The summed E-state index contributed by atoms with van der Waals surface area (Å²) < 4.78 is 15.3. The Morgan fingerprint density at radius 3 is 2.71 bits per heavy atom. The molecule has 3 rings (SSSR count). The van der Waals surface area contributed by atoms with Crippen molar-refractivity contribution in [2.75, 3.05) is 0 Å². The van der Waals surface area contributed by atoms with Crippen LogP contribution in [0.5, 0.6) is 0 Å². The van der Waals surface area contributed by atoms with Crippen molar-refractivity contribution < 1.29 is 9.31 Å². The van der Waals surface area contributed by atoms with E-state index in [4.69, 9.17) is 12.2 Å². The third kappa shape index (κ3) is 2.97. The Balaban J connectivity index is 2.07. The third-order valence-electron chi connectivity index (χ3n) is 3.21. The summed E-state index contributed by atoms with van der Waals surface area (Å²) in [6, 6.07) is 12.2. The van der Waals surface area contributed by atoms with Crippen LogP contribution < -0.4 is 0 Å². The van der Waals surface area contributed by atoms with Crippen molar-refractivity contribution in [3.8, 4) is 11.4 Å². The Labute approximate surface area is 140 Å². The number of nitrogens with one attached hydrogen (secondary N) is 1. The van der Waals surface area contributed by atoms with Gasteiger partial charge in [-0.2, -0.15) is 14.9 Å². The highest BCUT2D eigenvalue weighted by Gasteiger charge is 2.13. The number of para-hydroxylation sites is 1. The molecule has 7 nitrogen and oxygen atoms in total. The van der Waals surface area contributed by atoms with Gasteiger partial charge in [0, 0.05) is 6.07 Å². The fraction of sp³-hybridized carbons (Fsp3) is 0. The SMILES string of the molecule is O=[N+]([O-])c1ccccc1C=Nn1c(-c2ccccc2F)n[nH]c1=S. The second-order valence-corrected chi connectivity index (χ2v) is 5.09. The number of halogens is 1. The van der Waals surface area contributed by atoms with E-state index in [1.54, 1.807) is 30.3 Å². The summed E-state index contributed by atoms with van der Waals surface area (Å²) in [5.41, 5.74) is 0.415. The Morgan fingerprint density at radius 2 is 1.96 bits per heavy atom. The molecule has 1 aromatic heterocycles. The van der Waals surface area contributed by atoms with Crippen LogP contribution in [0.4, 0.5) is 10.1 Å². The van der Waals surface area contributed by atoms with Crippen molar-refractivity contribution in [2.45, 2.75) is 0 Å². The Morgan fingerprint density at radius 1 is 1.25 bits per heavy atom. The molecule has 0 atom stereocenters. The van der Waals surface area contributed by atoms with Gasteiger partial charge in [0.25, 0.3) is 5.69 Å². The number of rotatable bonds is 4. The Kier molecular flexibility index (Phi) is 4.25. The number of H-pyrrole nitrogens is 1. The first-order valence-electron chi connectivity index (χ1n) is 6.78. The first-order chi connectivity index (χ1) is 11.6. The van der Waals surface area contributed by atoms with Crippen molar-refractivity contribution in [3.63, 3.8) is 0 Å². The molecule has 0 saturated carbocycles. The van der Waals surface area contributed by atoms with Gasteiger partial charge in [-0.05, 0) is 30.4 Å². The van der Waals surface area contributed by atoms with E-state index in [0.717, 1.165) is 0 Å². The van der Waals surface area contributed by atoms with Gasteiger partial charge in [-0.3, -0.25) is 10.1 Å². The predicted octanol–water partition coefficient (Wildman–Crippen LogP) is 3.54. The zero-order valence-corrected chi connectivity index (χ0v) is 12.9. The molecule has 0 aliphatic rings. The highest BCUT2D eigenvalue weighted by Crippen LogP contribution is 2.21. The van der Waals surface area contributed by atoms with Gasteiger partial charge in [0.05, 0.1) is 22.3 Å². The average molecular weight is 343 g/mol. The maximum atomic E-state index is 14.0. The number of benzene rings is 2. The summed E-state index contributed by atoms with van der Waals surface area (Å²) in [6.07, 6.45) is 1.29. The van der Waals surface area contributed by atoms with Crippen LogP contribution >= 0.6 is 12.2 Å². The number of nitro benzene ring substituents is 1. The van der Waals surface area contributed by atoms with E-state index >= 15 is 0 Å². The van der Waals surface area contributed by atoms with E-state index in [2.05, 4.69) is 15.3 Å². The summed E-state index contributed by atoms with van der Waals surface area (Å²) >= 11 is 5.09. The van der Waals surface area contributed by atoms with Crippen LogP contribution in [0.2, 0.25) is 0 Å². The molecule has 9 heteroatoms. The zero-order valence-electron chi connectivity index (χ0n) is 12.1. The van der Waals surface area contributed by atoms with Gasteiger partial charge < -0.3 is 0 Å². The minimum absolute atomic E-state index is 0.0938. The van der Waals surface area contributed by atoms with Crippen LogP contribution in [0.25, 0.3) is 11.4 Å². The molecule has 0 amide bonds. The second kappa shape index (κ2) is 6.50. The largest absolute Gasteiger partial charge is 0.278 e. The molecule has 0 fully saturated rings. The molecule has 0 aliphatic carbocycles.